The first-order chi connectivity index (χ1) is 8.63. The zero-order valence-corrected chi connectivity index (χ0v) is 11.4. The van der Waals surface area contributed by atoms with Gasteiger partial charge in [-0.25, -0.2) is 0 Å². The number of ether oxygens (including phenoxy) is 1. The van der Waals surface area contributed by atoms with E-state index in [0.717, 1.165) is 4.47 Å². The Bertz CT molecular complexity index is 579. The first-order valence-corrected chi connectivity index (χ1v) is 6.15. The molecule has 2 N–H and O–H groups in total. The van der Waals surface area contributed by atoms with E-state index in [1.54, 1.807) is 30.3 Å². The molecular formula is C14H12BrNO2. The standard InChI is InChI=1S/C14H12BrNO2/c1-18-14-11(3-2-4-12(14)16)13(17)9-5-7-10(15)8-6-9/h2-8H,16H2,1H3. The number of carbonyl (C=O) groups excluding carboxylic acids is 1. The van der Waals surface area contributed by atoms with E-state index in [1.807, 2.05) is 12.1 Å². The molecule has 0 radical (unpaired) electrons. The van der Waals surface area contributed by atoms with Crippen molar-refractivity contribution in [3.63, 3.8) is 0 Å². The van der Waals surface area contributed by atoms with Crippen LogP contribution in [0.5, 0.6) is 5.75 Å². The number of rotatable bonds is 3. The zero-order valence-electron chi connectivity index (χ0n) is 9.81. The lowest BCUT2D eigenvalue weighted by Gasteiger charge is -2.10. The molecule has 0 heterocycles. The molecule has 2 aromatic carbocycles. The second-order valence-corrected chi connectivity index (χ2v) is 4.68. The van der Waals surface area contributed by atoms with Crippen molar-refractivity contribution in [1.29, 1.82) is 0 Å². The molecule has 0 saturated heterocycles. The fourth-order valence-corrected chi connectivity index (χ4v) is 1.98. The van der Waals surface area contributed by atoms with Crippen LogP contribution in [-0.4, -0.2) is 12.9 Å². The van der Waals surface area contributed by atoms with Gasteiger partial charge in [0.15, 0.2) is 11.5 Å². The minimum Gasteiger partial charge on any atom is -0.494 e. The highest BCUT2D eigenvalue weighted by Gasteiger charge is 2.15. The number of carbonyl (C=O) groups is 1. The van der Waals surface area contributed by atoms with E-state index in [9.17, 15) is 4.79 Å². The minimum atomic E-state index is -0.105. The van der Waals surface area contributed by atoms with Crippen molar-refractivity contribution in [2.75, 3.05) is 12.8 Å². The van der Waals surface area contributed by atoms with Crippen molar-refractivity contribution in [3.8, 4) is 5.75 Å². The molecule has 0 spiro atoms. The van der Waals surface area contributed by atoms with Gasteiger partial charge in [-0.2, -0.15) is 0 Å². The van der Waals surface area contributed by atoms with Gasteiger partial charge in [-0.15, -0.1) is 0 Å². The molecule has 2 rings (SSSR count). The van der Waals surface area contributed by atoms with E-state index in [-0.39, 0.29) is 5.78 Å². The monoisotopic (exact) mass is 305 g/mol. The molecule has 0 aliphatic heterocycles. The molecule has 18 heavy (non-hydrogen) atoms. The van der Waals surface area contributed by atoms with Gasteiger partial charge in [0.05, 0.1) is 18.4 Å². The topological polar surface area (TPSA) is 52.3 Å². The molecule has 0 saturated carbocycles. The molecule has 0 aliphatic rings. The average Bonchev–Trinajstić information content (AvgIpc) is 2.38. The third kappa shape index (κ3) is 2.38. The average molecular weight is 306 g/mol. The first-order valence-electron chi connectivity index (χ1n) is 5.36. The van der Waals surface area contributed by atoms with E-state index in [2.05, 4.69) is 15.9 Å². The van der Waals surface area contributed by atoms with E-state index in [0.29, 0.717) is 22.6 Å². The van der Waals surface area contributed by atoms with Crippen LogP contribution in [0.4, 0.5) is 5.69 Å². The normalized spacial score (nSPS) is 10.1. The number of para-hydroxylation sites is 1. The molecular weight excluding hydrogens is 294 g/mol. The molecule has 0 bridgehead atoms. The molecule has 0 amide bonds. The number of methoxy groups -OCH3 is 1. The van der Waals surface area contributed by atoms with Crippen molar-refractivity contribution in [2.24, 2.45) is 0 Å². The lowest BCUT2D eigenvalue weighted by molar-refractivity contribution is 0.103. The van der Waals surface area contributed by atoms with Crippen molar-refractivity contribution in [3.05, 3.63) is 58.1 Å². The van der Waals surface area contributed by atoms with Crippen molar-refractivity contribution in [2.45, 2.75) is 0 Å². The molecule has 0 atom stereocenters. The predicted molar refractivity (Wildman–Crippen MR) is 75.0 cm³/mol. The Morgan fingerprint density at radius 2 is 1.83 bits per heavy atom. The summed E-state index contributed by atoms with van der Waals surface area (Å²) in [6.45, 7) is 0. The summed E-state index contributed by atoms with van der Waals surface area (Å²) in [5.41, 5.74) is 7.32. The van der Waals surface area contributed by atoms with Crippen LogP contribution in [0.25, 0.3) is 0 Å². The van der Waals surface area contributed by atoms with Crippen LogP contribution in [0.2, 0.25) is 0 Å². The largest absolute Gasteiger partial charge is 0.494 e. The van der Waals surface area contributed by atoms with Gasteiger partial charge in [-0.1, -0.05) is 22.0 Å². The lowest BCUT2D eigenvalue weighted by Crippen LogP contribution is -2.05. The van der Waals surface area contributed by atoms with Crippen LogP contribution in [-0.2, 0) is 0 Å². The van der Waals surface area contributed by atoms with E-state index in [4.69, 9.17) is 10.5 Å². The van der Waals surface area contributed by atoms with Gasteiger partial charge >= 0.3 is 0 Å². The Balaban J connectivity index is 2.46. The highest BCUT2D eigenvalue weighted by Crippen LogP contribution is 2.28. The van der Waals surface area contributed by atoms with Crippen LogP contribution in [0, 0.1) is 0 Å². The molecule has 3 nitrogen and oxygen atoms in total. The van der Waals surface area contributed by atoms with Gasteiger partial charge in [0.1, 0.15) is 0 Å². The number of nitrogens with two attached hydrogens (primary N) is 1. The number of halogens is 1. The summed E-state index contributed by atoms with van der Waals surface area (Å²) in [7, 11) is 1.50. The van der Waals surface area contributed by atoms with Gasteiger partial charge in [0, 0.05) is 10.0 Å². The SMILES string of the molecule is COc1c(N)cccc1C(=O)c1ccc(Br)cc1. The van der Waals surface area contributed by atoms with E-state index >= 15 is 0 Å². The Morgan fingerprint density at radius 1 is 1.17 bits per heavy atom. The summed E-state index contributed by atoms with van der Waals surface area (Å²) in [5, 5.41) is 0. The number of hydrogen-bond acceptors (Lipinski definition) is 3. The second kappa shape index (κ2) is 5.23. The fraction of sp³-hybridized carbons (Fsp3) is 0.0714. The van der Waals surface area contributed by atoms with Gasteiger partial charge in [0.25, 0.3) is 0 Å². The third-order valence-corrected chi connectivity index (χ3v) is 3.13. The first kappa shape index (κ1) is 12.6. The van der Waals surface area contributed by atoms with E-state index < -0.39 is 0 Å². The number of hydrogen-bond donors (Lipinski definition) is 1. The van der Waals surface area contributed by atoms with E-state index in [1.165, 1.54) is 7.11 Å². The van der Waals surface area contributed by atoms with Crippen LogP contribution in [0.1, 0.15) is 15.9 Å². The molecule has 92 valence electrons. The number of nitrogen functional groups attached to an aromatic ring is 1. The summed E-state index contributed by atoms with van der Waals surface area (Å²) in [5.74, 6) is 0.317. The summed E-state index contributed by atoms with van der Waals surface area (Å²) in [6, 6.07) is 12.3. The minimum absolute atomic E-state index is 0.105. The maximum Gasteiger partial charge on any atom is 0.196 e. The van der Waals surface area contributed by atoms with Crippen molar-refractivity contribution >= 4 is 27.4 Å². The maximum absolute atomic E-state index is 12.3. The van der Waals surface area contributed by atoms with Crippen molar-refractivity contribution in [1.82, 2.24) is 0 Å². The zero-order chi connectivity index (χ0) is 13.1. The fourth-order valence-electron chi connectivity index (χ4n) is 1.72. The highest BCUT2D eigenvalue weighted by molar-refractivity contribution is 9.10. The van der Waals surface area contributed by atoms with Gasteiger partial charge in [-0.05, 0) is 36.4 Å². The summed E-state index contributed by atoms with van der Waals surface area (Å²) >= 11 is 3.33. The Kier molecular flexibility index (Phi) is 3.67. The van der Waals surface area contributed by atoms with Gasteiger partial charge in [0.2, 0.25) is 0 Å². The number of ketones is 1. The Hall–Kier alpha value is -1.81. The van der Waals surface area contributed by atoms with Crippen LogP contribution < -0.4 is 10.5 Å². The van der Waals surface area contributed by atoms with Crippen LogP contribution >= 0.6 is 15.9 Å². The van der Waals surface area contributed by atoms with Crippen LogP contribution in [0.15, 0.2) is 46.9 Å². The third-order valence-electron chi connectivity index (χ3n) is 2.60. The molecule has 2 aromatic rings. The Labute approximate surface area is 114 Å². The lowest BCUT2D eigenvalue weighted by atomic mass is 10.0. The van der Waals surface area contributed by atoms with Gasteiger partial charge < -0.3 is 10.5 Å². The number of benzene rings is 2. The Morgan fingerprint density at radius 3 is 2.44 bits per heavy atom. The maximum atomic E-state index is 12.3. The molecule has 0 fully saturated rings. The molecule has 0 aromatic heterocycles. The van der Waals surface area contributed by atoms with Crippen LogP contribution in [0.3, 0.4) is 0 Å². The van der Waals surface area contributed by atoms with Crippen molar-refractivity contribution < 1.29 is 9.53 Å². The summed E-state index contributed by atoms with van der Waals surface area (Å²) in [6.07, 6.45) is 0. The summed E-state index contributed by atoms with van der Waals surface area (Å²) in [4.78, 5) is 12.3. The number of anilines is 1. The molecule has 0 unspecified atom stereocenters. The predicted octanol–water partition coefficient (Wildman–Crippen LogP) is 3.27. The molecule has 0 aliphatic carbocycles. The summed E-state index contributed by atoms with van der Waals surface area (Å²) < 4.78 is 6.12. The highest BCUT2D eigenvalue weighted by atomic mass is 79.9. The molecule has 4 heteroatoms. The smallest absolute Gasteiger partial charge is 0.196 e. The quantitative estimate of drug-likeness (QED) is 0.699. The van der Waals surface area contributed by atoms with Gasteiger partial charge in [-0.3, -0.25) is 4.79 Å². The second-order valence-electron chi connectivity index (χ2n) is 3.76.